The van der Waals surface area contributed by atoms with Crippen LogP contribution in [0.4, 0.5) is 0 Å². The molecule has 0 amide bonds. The van der Waals surface area contributed by atoms with Crippen molar-refractivity contribution in [3.05, 3.63) is 0 Å². The van der Waals surface area contributed by atoms with Crippen LogP contribution in [0.1, 0.15) is 26.7 Å². The first kappa shape index (κ1) is 8.18. The van der Waals surface area contributed by atoms with Crippen LogP contribution in [0.5, 0.6) is 0 Å². The smallest absolute Gasteiger partial charge is 0.206 e. The molecule has 0 rings (SSSR count). The molecule has 0 atom stereocenters. The van der Waals surface area contributed by atoms with Gasteiger partial charge in [-0.05, 0) is 12.1 Å². The summed E-state index contributed by atoms with van der Waals surface area (Å²) in [7, 11) is -0.892. The first-order valence-electron chi connectivity index (χ1n) is 3.34. The molecule has 0 aromatic heterocycles. The average molecular weight is 131 g/mol. The Morgan fingerprint density at radius 2 is 2.00 bits per heavy atom. The predicted octanol–water partition coefficient (Wildman–Crippen LogP) is 1.79. The molecule has 0 saturated carbocycles. The Bertz CT molecular complexity index is 47.8. The van der Waals surface area contributed by atoms with Gasteiger partial charge in [-0.1, -0.05) is 26.7 Å². The van der Waals surface area contributed by atoms with Crippen molar-refractivity contribution in [2.24, 2.45) is 0 Å². The van der Waals surface area contributed by atoms with Gasteiger partial charge in [0.1, 0.15) is 0 Å². The molecule has 0 unspecified atom stereocenters. The fourth-order valence-electron chi connectivity index (χ4n) is 0.558. The monoisotopic (exact) mass is 131 g/mol. The van der Waals surface area contributed by atoms with Crippen molar-refractivity contribution in [1.29, 1.82) is 0 Å². The van der Waals surface area contributed by atoms with Gasteiger partial charge in [-0.2, -0.15) is 0 Å². The molecule has 0 bridgehead atoms. The van der Waals surface area contributed by atoms with Gasteiger partial charge in [-0.3, -0.25) is 0 Å². The van der Waals surface area contributed by atoms with Crippen LogP contribution in [0.25, 0.3) is 0 Å². The lowest BCUT2D eigenvalue weighted by Crippen LogP contribution is -2.08. The molecule has 0 aromatic carbocycles. The van der Waals surface area contributed by atoms with E-state index >= 15 is 0 Å². The van der Waals surface area contributed by atoms with Crippen molar-refractivity contribution in [1.82, 2.24) is 0 Å². The van der Waals surface area contributed by atoms with Gasteiger partial charge >= 0.3 is 0 Å². The molecule has 1 radical (unpaired) electrons. The summed E-state index contributed by atoms with van der Waals surface area (Å²) in [5, 5.41) is 0. The van der Waals surface area contributed by atoms with Crippen molar-refractivity contribution in [3.8, 4) is 0 Å². The fraction of sp³-hybridized carbons (Fsp3) is 1.00. The van der Waals surface area contributed by atoms with Crippen molar-refractivity contribution in [2.75, 3.05) is 0 Å². The number of hydrogen-bond acceptors (Lipinski definition) is 1. The van der Waals surface area contributed by atoms with E-state index in [4.69, 9.17) is 4.80 Å². The number of hydrogen-bond donors (Lipinski definition) is 1. The second kappa shape index (κ2) is 5.32. The summed E-state index contributed by atoms with van der Waals surface area (Å²) >= 11 is 0. The molecule has 1 nitrogen and oxygen atoms in total. The molecule has 0 aliphatic heterocycles. The van der Waals surface area contributed by atoms with Crippen LogP contribution >= 0.6 is 0 Å². The molecule has 8 heavy (non-hydrogen) atoms. The molecular weight excluding hydrogens is 116 g/mol. The highest BCUT2D eigenvalue weighted by atomic mass is 28.3. The summed E-state index contributed by atoms with van der Waals surface area (Å²) in [6.07, 6.45) is 2.42. The lowest BCUT2D eigenvalue weighted by atomic mass is 10.4. The summed E-state index contributed by atoms with van der Waals surface area (Å²) in [6.45, 7) is 4.22. The summed E-state index contributed by atoms with van der Waals surface area (Å²) in [6, 6.07) is 2.09. The second-order valence-corrected chi connectivity index (χ2v) is 4.36. The standard InChI is InChI=1S/C6H15OSi/c1-3-5-6-8(7)4-2/h7H,3-6H2,1-2H3. The van der Waals surface area contributed by atoms with Crippen LogP contribution in [-0.4, -0.2) is 13.8 Å². The van der Waals surface area contributed by atoms with Crippen LogP contribution in [0.15, 0.2) is 0 Å². The molecule has 0 fully saturated rings. The maximum absolute atomic E-state index is 9.09. The van der Waals surface area contributed by atoms with Gasteiger partial charge < -0.3 is 4.80 Å². The molecular formula is C6H15OSi. The van der Waals surface area contributed by atoms with Gasteiger partial charge in [-0.15, -0.1) is 0 Å². The molecule has 2 heteroatoms. The van der Waals surface area contributed by atoms with E-state index in [0.29, 0.717) is 0 Å². The van der Waals surface area contributed by atoms with Gasteiger partial charge in [0.25, 0.3) is 0 Å². The normalized spacial score (nSPS) is 10.5. The van der Waals surface area contributed by atoms with Crippen LogP contribution in [0.3, 0.4) is 0 Å². The van der Waals surface area contributed by atoms with E-state index < -0.39 is 9.04 Å². The summed E-state index contributed by atoms with van der Waals surface area (Å²) < 4.78 is 0. The molecule has 49 valence electrons. The van der Waals surface area contributed by atoms with E-state index in [1.165, 1.54) is 12.8 Å². The van der Waals surface area contributed by atoms with Crippen molar-refractivity contribution >= 4 is 9.04 Å². The highest BCUT2D eigenvalue weighted by Gasteiger charge is 2.01. The Kier molecular flexibility index (Phi) is 5.43. The highest BCUT2D eigenvalue weighted by molar-refractivity contribution is 6.50. The summed E-state index contributed by atoms with van der Waals surface area (Å²) in [5.41, 5.74) is 0. The largest absolute Gasteiger partial charge is 0.431 e. The number of rotatable bonds is 4. The Labute approximate surface area is 53.5 Å². The molecule has 0 aliphatic carbocycles. The average Bonchev–Trinajstić information content (AvgIpc) is 1.83. The number of unbranched alkanes of at least 4 members (excludes halogenated alkanes) is 1. The van der Waals surface area contributed by atoms with E-state index in [2.05, 4.69) is 13.8 Å². The van der Waals surface area contributed by atoms with Crippen LogP contribution in [0.2, 0.25) is 12.1 Å². The van der Waals surface area contributed by atoms with Crippen molar-refractivity contribution in [3.63, 3.8) is 0 Å². The van der Waals surface area contributed by atoms with Gasteiger partial charge in [0.15, 0.2) is 0 Å². The zero-order valence-corrected chi connectivity index (χ0v) is 6.78. The second-order valence-electron chi connectivity index (χ2n) is 2.02. The maximum atomic E-state index is 9.09. The molecule has 0 aliphatic rings. The van der Waals surface area contributed by atoms with E-state index in [0.717, 1.165) is 12.1 Å². The van der Waals surface area contributed by atoms with Crippen molar-refractivity contribution in [2.45, 2.75) is 38.8 Å². The zero-order chi connectivity index (χ0) is 6.41. The van der Waals surface area contributed by atoms with E-state index in [1.54, 1.807) is 0 Å². The van der Waals surface area contributed by atoms with E-state index in [1.807, 2.05) is 0 Å². The summed E-state index contributed by atoms with van der Waals surface area (Å²) in [4.78, 5) is 9.09. The quantitative estimate of drug-likeness (QED) is 0.577. The minimum atomic E-state index is -0.892. The third kappa shape index (κ3) is 4.34. The Hall–Kier alpha value is 0.177. The van der Waals surface area contributed by atoms with Gasteiger partial charge in [0.2, 0.25) is 9.04 Å². The molecule has 1 N–H and O–H groups in total. The third-order valence-corrected chi connectivity index (χ3v) is 2.97. The predicted molar refractivity (Wildman–Crippen MR) is 38.2 cm³/mol. The minimum absolute atomic E-state index is 0.892. The first-order valence-corrected chi connectivity index (χ1v) is 5.21. The van der Waals surface area contributed by atoms with Gasteiger partial charge in [-0.25, -0.2) is 0 Å². The topological polar surface area (TPSA) is 20.2 Å². The van der Waals surface area contributed by atoms with E-state index in [-0.39, 0.29) is 0 Å². The third-order valence-electron chi connectivity index (χ3n) is 1.23. The highest BCUT2D eigenvalue weighted by Crippen LogP contribution is 2.00. The van der Waals surface area contributed by atoms with E-state index in [9.17, 15) is 0 Å². The Balaban J connectivity index is 2.86. The maximum Gasteiger partial charge on any atom is 0.206 e. The van der Waals surface area contributed by atoms with Gasteiger partial charge in [0.05, 0.1) is 0 Å². The van der Waals surface area contributed by atoms with Crippen LogP contribution in [0, 0.1) is 0 Å². The molecule has 0 saturated heterocycles. The molecule has 0 heterocycles. The van der Waals surface area contributed by atoms with Crippen LogP contribution in [-0.2, 0) is 0 Å². The lowest BCUT2D eigenvalue weighted by Gasteiger charge is -1.99. The van der Waals surface area contributed by atoms with Crippen LogP contribution < -0.4 is 0 Å². The molecule has 0 spiro atoms. The zero-order valence-electron chi connectivity index (χ0n) is 5.78. The SMILES string of the molecule is CCCC[Si](O)CC. The minimum Gasteiger partial charge on any atom is -0.431 e. The first-order chi connectivity index (χ1) is 3.81. The summed E-state index contributed by atoms with van der Waals surface area (Å²) in [5.74, 6) is 0. The lowest BCUT2D eigenvalue weighted by molar-refractivity contribution is 0.562. The Morgan fingerprint density at radius 1 is 1.38 bits per heavy atom. The Morgan fingerprint density at radius 3 is 2.38 bits per heavy atom. The van der Waals surface area contributed by atoms with Gasteiger partial charge in [0, 0.05) is 0 Å². The molecule has 0 aromatic rings. The fourth-order valence-corrected chi connectivity index (χ4v) is 1.67. The van der Waals surface area contributed by atoms with Crippen molar-refractivity contribution < 1.29 is 4.80 Å².